The number of rotatable bonds is 0. The van der Waals surface area contributed by atoms with Gasteiger partial charge in [-0.05, 0) is 0 Å². The molecule has 0 bridgehead atoms. The Kier molecular flexibility index (Phi) is 5.32. The van der Waals surface area contributed by atoms with Crippen molar-refractivity contribution in [3.63, 3.8) is 0 Å². The Balaban J connectivity index is 0. The maximum atomic E-state index is 9.63. The van der Waals surface area contributed by atoms with E-state index < -0.39 is 18.9 Å². The van der Waals surface area contributed by atoms with Gasteiger partial charge < -0.3 is 0 Å². The van der Waals surface area contributed by atoms with Crippen molar-refractivity contribution >= 4 is 29.6 Å². The summed E-state index contributed by atoms with van der Waals surface area (Å²) in [6.07, 6.45) is 3.24. The summed E-state index contributed by atoms with van der Waals surface area (Å²) in [5.74, 6) is 0. The van der Waals surface area contributed by atoms with E-state index in [4.69, 9.17) is 0 Å². The van der Waals surface area contributed by atoms with Crippen LogP contribution in [0.3, 0.4) is 0 Å². The Bertz CT molecular complexity index is 215. The van der Waals surface area contributed by atoms with Crippen molar-refractivity contribution < 1.29 is 16.8 Å². The van der Waals surface area contributed by atoms with Crippen molar-refractivity contribution in [2.45, 2.75) is 0 Å². The standard InChI is InChI=1S/C2H6O2S.CH3ClO2S/c2*1-5(2,3)4/h1-2H3;1H3. The summed E-state index contributed by atoms with van der Waals surface area (Å²) in [7, 11) is -1.36. The van der Waals surface area contributed by atoms with Crippen molar-refractivity contribution in [2.75, 3.05) is 18.8 Å². The molecule has 0 aliphatic heterocycles. The Hall–Kier alpha value is 0.190. The number of hydrogen-bond acceptors (Lipinski definition) is 4. The molecule has 10 heavy (non-hydrogen) atoms. The normalized spacial score (nSPS) is 11.6. The largest absolute Gasteiger partial charge is 0.229 e. The van der Waals surface area contributed by atoms with E-state index >= 15 is 0 Å². The van der Waals surface area contributed by atoms with Crippen LogP contribution in [0.4, 0.5) is 0 Å². The van der Waals surface area contributed by atoms with Crippen molar-refractivity contribution in [3.8, 4) is 0 Å². The Morgan fingerprint density at radius 2 is 0.900 bits per heavy atom. The van der Waals surface area contributed by atoms with Gasteiger partial charge in [0.05, 0.1) is 6.26 Å². The smallest absolute Gasteiger partial charge is 0.229 e. The molecule has 0 aromatic carbocycles. The second kappa shape index (κ2) is 4.15. The molecule has 4 nitrogen and oxygen atoms in total. The third-order valence-corrected chi connectivity index (χ3v) is 0. The van der Waals surface area contributed by atoms with E-state index in [0.29, 0.717) is 0 Å². The zero-order chi connectivity index (χ0) is 9.00. The molecular formula is C3H9ClO4S2. The second-order valence-electron chi connectivity index (χ2n) is 1.82. The lowest BCUT2D eigenvalue weighted by Crippen LogP contribution is -1.86. The maximum Gasteiger partial charge on any atom is 0.229 e. The van der Waals surface area contributed by atoms with Crippen LogP contribution in [0.2, 0.25) is 0 Å². The first-order chi connectivity index (χ1) is 4.00. The molecule has 0 atom stereocenters. The van der Waals surface area contributed by atoms with Gasteiger partial charge in [0.2, 0.25) is 9.05 Å². The van der Waals surface area contributed by atoms with Crippen molar-refractivity contribution in [2.24, 2.45) is 0 Å². The molecular weight excluding hydrogens is 200 g/mol. The van der Waals surface area contributed by atoms with Crippen LogP contribution in [-0.2, 0) is 18.9 Å². The second-order valence-corrected chi connectivity index (χ2v) is 7.16. The van der Waals surface area contributed by atoms with Crippen LogP contribution in [0.25, 0.3) is 0 Å². The minimum Gasteiger partial charge on any atom is -0.229 e. The summed E-state index contributed by atoms with van der Waals surface area (Å²) in [4.78, 5) is 0. The highest BCUT2D eigenvalue weighted by atomic mass is 35.7. The van der Waals surface area contributed by atoms with Crippen LogP contribution >= 0.6 is 10.7 Å². The SMILES string of the molecule is CS(=O)(=O)Cl.CS(C)(=O)=O. The van der Waals surface area contributed by atoms with Gasteiger partial charge in [-0.1, -0.05) is 0 Å². The van der Waals surface area contributed by atoms with Crippen LogP contribution in [0, 0.1) is 0 Å². The molecule has 0 amide bonds. The molecule has 0 unspecified atom stereocenters. The van der Waals surface area contributed by atoms with Crippen LogP contribution < -0.4 is 0 Å². The Morgan fingerprint density at radius 3 is 0.900 bits per heavy atom. The molecule has 0 aromatic rings. The molecule has 7 heteroatoms. The van der Waals surface area contributed by atoms with Gasteiger partial charge in [0.1, 0.15) is 9.84 Å². The average molecular weight is 209 g/mol. The van der Waals surface area contributed by atoms with Crippen molar-refractivity contribution in [1.82, 2.24) is 0 Å². The van der Waals surface area contributed by atoms with Gasteiger partial charge in [-0.25, -0.2) is 16.8 Å². The topological polar surface area (TPSA) is 68.3 Å². The van der Waals surface area contributed by atoms with E-state index in [1.807, 2.05) is 0 Å². The number of hydrogen-bond donors (Lipinski definition) is 0. The van der Waals surface area contributed by atoms with E-state index in [2.05, 4.69) is 10.7 Å². The quantitative estimate of drug-likeness (QED) is 0.519. The summed E-state index contributed by atoms with van der Waals surface area (Å²) < 4.78 is 38.1. The van der Waals surface area contributed by atoms with Gasteiger partial charge in [0, 0.05) is 23.2 Å². The minimum absolute atomic E-state index is 0.925. The Labute approximate surface area is 65.5 Å². The predicted octanol–water partition coefficient (Wildman–Crippen LogP) is -0.154. The van der Waals surface area contributed by atoms with Gasteiger partial charge in [-0.15, -0.1) is 0 Å². The molecule has 0 aliphatic rings. The first-order valence-electron chi connectivity index (χ1n) is 2.05. The van der Waals surface area contributed by atoms with Crippen LogP contribution in [-0.4, -0.2) is 35.6 Å². The summed E-state index contributed by atoms with van der Waals surface area (Å²) >= 11 is 0. The van der Waals surface area contributed by atoms with Gasteiger partial charge in [0.25, 0.3) is 0 Å². The summed E-state index contributed by atoms with van der Waals surface area (Å²) in [6, 6.07) is 0. The van der Waals surface area contributed by atoms with Gasteiger partial charge in [-0.3, -0.25) is 0 Å². The summed E-state index contributed by atoms with van der Waals surface area (Å²) in [5.41, 5.74) is 0. The highest BCUT2D eigenvalue weighted by Gasteiger charge is 1.83. The third-order valence-electron chi connectivity index (χ3n) is 0. The monoisotopic (exact) mass is 208 g/mol. The average Bonchev–Trinajstić information content (AvgIpc) is 1.12. The summed E-state index contributed by atoms with van der Waals surface area (Å²) in [5, 5.41) is 0. The molecule has 0 N–H and O–H groups in total. The van der Waals surface area contributed by atoms with E-state index in [1.165, 1.54) is 0 Å². The fraction of sp³-hybridized carbons (Fsp3) is 1.00. The number of halogens is 1. The molecule has 0 spiro atoms. The third kappa shape index (κ3) is 11700. The minimum atomic E-state index is -3.19. The first kappa shape index (κ1) is 12.8. The molecule has 0 saturated carbocycles. The summed E-state index contributed by atoms with van der Waals surface area (Å²) in [6.45, 7) is 0. The lowest BCUT2D eigenvalue weighted by atomic mass is 11.9. The number of sulfone groups is 1. The van der Waals surface area contributed by atoms with Crippen molar-refractivity contribution in [1.29, 1.82) is 0 Å². The molecule has 64 valence electrons. The van der Waals surface area contributed by atoms with E-state index in [1.54, 1.807) is 0 Å². The highest BCUT2D eigenvalue weighted by Crippen LogP contribution is 1.83. The zero-order valence-corrected chi connectivity index (χ0v) is 8.22. The lowest BCUT2D eigenvalue weighted by Gasteiger charge is -1.69. The fourth-order valence-electron chi connectivity index (χ4n) is 0. The molecule has 0 radical (unpaired) electrons. The van der Waals surface area contributed by atoms with Crippen molar-refractivity contribution in [3.05, 3.63) is 0 Å². The van der Waals surface area contributed by atoms with E-state index in [0.717, 1.165) is 18.8 Å². The Morgan fingerprint density at radius 1 is 0.900 bits per heavy atom. The van der Waals surface area contributed by atoms with Crippen LogP contribution in [0.15, 0.2) is 0 Å². The van der Waals surface area contributed by atoms with Gasteiger partial charge >= 0.3 is 0 Å². The first-order valence-corrected chi connectivity index (χ1v) is 7.06. The fourth-order valence-corrected chi connectivity index (χ4v) is 0. The van der Waals surface area contributed by atoms with Gasteiger partial charge in [-0.2, -0.15) is 0 Å². The molecule has 0 saturated heterocycles. The van der Waals surface area contributed by atoms with E-state index in [9.17, 15) is 16.8 Å². The molecule has 0 rings (SSSR count). The maximum absolute atomic E-state index is 9.63. The highest BCUT2D eigenvalue weighted by molar-refractivity contribution is 8.13. The lowest BCUT2D eigenvalue weighted by molar-refractivity contribution is 0.607. The van der Waals surface area contributed by atoms with Gasteiger partial charge in [0.15, 0.2) is 0 Å². The molecule has 0 heterocycles. The predicted molar refractivity (Wildman–Crippen MR) is 41.5 cm³/mol. The molecule has 0 fully saturated rings. The van der Waals surface area contributed by atoms with Crippen LogP contribution in [0.5, 0.6) is 0 Å². The molecule has 0 aliphatic carbocycles. The van der Waals surface area contributed by atoms with Crippen LogP contribution in [0.1, 0.15) is 0 Å². The molecule has 0 aromatic heterocycles. The van der Waals surface area contributed by atoms with E-state index in [-0.39, 0.29) is 0 Å². The zero-order valence-electron chi connectivity index (χ0n) is 5.83.